The third-order valence-electron chi connectivity index (χ3n) is 4.30. The van der Waals surface area contributed by atoms with E-state index in [0.29, 0.717) is 31.5 Å². The van der Waals surface area contributed by atoms with Gasteiger partial charge in [0.1, 0.15) is 0 Å². The molecule has 0 spiro atoms. The molecule has 0 bridgehead atoms. The zero-order valence-corrected chi connectivity index (χ0v) is 19.0. The molecule has 0 nitrogen and oxygen atoms in total. The normalized spacial score (nSPS) is 11.8. The first-order valence-electron chi connectivity index (χ1n) is 9.44. The molecule has 130 valence electrons. The second-order valence-electron chi connectivity index (χ2n) is 6.39. The SMILES string of the molecule is c1ccc(CCCC[AsH]CC[AsH]CCCCc2ccccc2)cc1. The molecule has 0 saturated heterocycles. The van der Waals surface area contributed by atoms with Gasteiger partial charge in [-0.1, -0.05) is 0 Å². The molecule has 0 radical (unpaired) electrons. The summed E-state index contributed by atoms with van der Waals surface area (Å²) in [7, 11) is 0. The molecule has 0 aliphatic rings. The average molecular weight is 446 g/mol. The molecule has 2 unspecified atom stereocenters. The van der Waals surface area contributed by atoms with Crippen molar-refractivity contribution in [3.05, 3.63) is 71.8 Å². The predicted octanol–water partition coefficient (Wildman–Crippen LogP) is 5.58. The summed E-state index contributed by atoms with van der Waals surface area (Å²) in [6, 6.07) is 21.9. The van der Waals surface area contributed by atoms with E-state index < -0.39 is 0 Å². The van der Waals surface area contributed by atoms with E-state index in [0.717, 1.165) is 0 Å². The molecule has 0 heterocycles. The van der Waals surface area contributed by atoms with Crippen LogP contribution >= 0.6 is 0 Å². The summed E-state index contributed by atoms with van der Waals surface area (Å²) >= 11 is 0.762. The van der Waals surface area contributed by atoms with Crippen LogP contribution in [0.5, 0.6) is 0 Å². The van der Waals surface area contributed by atoms with Crippen LogP contribution in [0.25, 0.3) is 0 Å². The molecule has 0 fully saturated rings. The Labute approximate surface area is 162 Å². The molecule has 2 heteroatoms. The van der Waals surface area contributed by atoms with Gasteiger partial charge < -0.3 is 0 Å². The summed E-state index contributed by atoms with van der Waals surface area (Å²) in [6.07, 6.45) is 8.27. The fourth-order valence-electron chi connectivity index (χ4n) is 2.87. The summed E-state index contributed by atoms with van der Waals surface area (Å²) < 4.78 is 0. The van der Waals surface area contributed by atoms with Crippen molar-refractivity contribution < 1.29 is 0 Å². The van der Waals surface area contributed by atoms with Crippen molar-refractivity contribution in [2.45, 2.75) is 59.4 Å². The number of rotatable bonds is 13. The van der Waals surface area contributed by atoms with E-state index in [1.54, 1.807) is 20.8 Å². The Morgan fingerprint density at radius 1 is 0.458 bits per heavy atom. The van der Waals surface area contributed by atoms with Crippen molar-refractivity contribution in [2.24, 2.45) is 0 Å². The number of unbranched alkanes of at least 4 members (excludes halogenated alkanes) is 2. The summed E-state index contributed by atoms with van der Waals surface area (Å²) in [5.74, 6) is 0. The standard InChI is InChI=1S/C22H32As2/c1-3-11-21(12-4-1)15-7-9-17-23-19-20-24-18-10-8-16-22-13-5-2-6-14-22/h1-6,11-14,23-24H,7-10,15-20H2. The monoisotopic (exact) mass is 446 g/mol. The molecule has 0 N–H and O–H groups in total. The van der Waals surface area contributed by atoms with Crippen molar-refractivity contribution in [1.29, 1.82) is 0 Å². The molecule has 0 aliphatic heterocycles. The van der Waals surface area contributed by atoms with Gasteiger partial charge in [-0.25, -0.2) is 0 Å². The molecular weight excluding hydrogens is 414 g/mol. The first kappa shape index (κ1) is 19.9. The Hall–Kier alpha value is -0.443. The van der Waals surface area contributed by atoms with Gasteiger partial charge in [-0.2, -0.15) is 0 Å². The van der Waals surface area contributed by atoms with Crippen molar-refractivity contribution in [3.8, 4) is 0 Å². The minimum absolute atomic E-state index is 0.381. The van der Waals surface area contributed by atoms with Crippen LogP contribution in [0.15, 0.2) is 60.7 Å². The van der Waals surface area contributed by atoms with E-state index in [1.807, 2.05) is 0 Å². The van der Waals surface area contributed by atoms with Gasteiger partial charge in [-0.05, 0) is 0 Å². The number of aryl methyl sites for hydroxylation is 2. The quantitative estimate of drug-likeness (QED) is 0.279. The van der Waals surface area contributed by atoms with Gasteiger partial charge in [-0.15, -0.1) is 0 Å². The Balaban J connectivity index is 1.32. The van der Waals surface area contributed by atoms with Crippen molar-refractivity contribution in [1.82, 2.24) is 0 Å². The van der Waals surface area contributed by atoms with Crippen molar-refractivity contribution >= 4 is 31.5 Å². The van der Waals surface area contributed by atoms with Crippen LogP contribution in [-0.4, -0.2) is 31.5 Å². The fourth-order valence-corrected chi connectivity index (χ4v) is 10.6. The Morgan fingerprint density at radius 2 is 0.875 bits per heavy atom. The molecule has 0 saturated carbocycles. The molecule has 0 aromatic heterocycles. The third kappa shape index (κ3) is 9.76. The number of benzene rings is 2. The van der Waals surface area contributed by atoms with Gasteiger partial charge in [0.25, 0.3) is 0 Å². The van der Waals surface area contributed by atoms with Gasteiger partial charge in [0.2, 0.25) is 0 Å². The molecule has 0 aliphatic carbocycles. The van der Waals surface area contributed by atoms with Gasteiger partial charge in [-0.3, -0.25) is 0 Å². The Kier molecular flexibility index (Phi) is 11.4. The van der Waals surface area contributed by atoms with Crippen LogP contribution in [0.3, 0.4) is 0 Å². The Morgan fingerprint density at radius 3 is 1.29 bits per heavy atom. The van der Waals surface area contributed by atoms with Crippen LogP contribution in [0.2, 0.25) is 20.8 Å². The topological polar surface area (TPSA) is 0 Å². The van der Waals surface area contributed by atoms with Gasteiger partial charge in [0, 0.05) is 0 Å². The minimum atomic E-state index is 0.381. The van der Waals surface area contributed by atoms with E-state index in [-0.39, 0.29) is 0 Å². The first-order valence-corrected chi connectivity index (χ1v) is 15.4. The van der Waals surface area contributed by atoms with Crippen LogP contribution in [0.1, 0.15) is 36.8 Å². The first-order chi connectivity index (χ1) is 11.9. The zero-order valence-electron chi connectivity index (χ0n) is 14.8. The van der Waals surface area contributed by atoms with Crippen LogP contribution < -0.4 is 0 Å². The molecule has 2 rings (SSSR count). The van der Waals surface area contributed by atoms with Crippen molar-refractivity contribution in [3.63, 3.8) is 0 Å². The average Bonchev–Trinajstić information content (AvgIpc) is 2.64. The molecular formula is C22H32As2. The van der Waals surface area contributed by atoms with Gasteiger partial charge >= 0.3 is 163 Å². The van der Waals surface area contributed by atoms with Crippen molar-refractivity contribution in [2.75, 3.05) is 0 Å². The maximum absolute atomic E-state index is 2.26. The molecule has 2 atom stereocenters. The summed E-state index contributed by atoms with van der Waals surface area (Å²) in [5, 5.41) is 6.36. The summed E-state index contributed by atoms with van der Waals surface area (Å²) in [6.45, 7) is 0. The molecule has 2 aromatic carbocycles. The van der Waals surface area contributed by atoms with E-state index in [4.69, 9.17) is 0 Å². The second-order valence-corrected chi connectivity index (χ2v) is 12.7. The summed E-state index contributed by atoms with van der Waals surface area (Å²) in [5.41, 5.74) is 3.03. The molecule has 0 amide bonds. The second kappa shape index (κ2) is 13.8. The number of hydrogen-bond donors (Lipinski definition) is 0. The molecule has 24 heavy (non-hydrogen) atoms. The van der Waals surface area contributed by atoms with Gasteiger partial charge in [0.05, 0.1) is 0 Å². The van der Waals surface area contributed by atoms with Crippen LogP contribution in [-0.2, 0) is 12.8 Å². The van der Waals surface area contributed by atoms with Gasteiger partial charge in [0.15, 0.2) is 0 Å². The van der Waals surface area contributed by atoms with Crippen LogP contribution in [0, 0.1) is 0 Å². The number of hydrogen-bond acceptors (Lipinski definition) is 0. The third-order valence-corrected chi connectivity index (χ3v) is 12.0. The fraction of sp³-hybridized carbons (Fsp3) is 0.455. The summed E-state index contributed by atoms with van der Waals surface area (Å²) in [4.78, 5) is 0. The predicted molar refractivity (Wildman–Crippen MR) is 112 cm³/mol. The van der Waals surface area contributed by atoms with E-state index in [9.17, 15) is 0 Å². The van der Waals surface area contributed by atoms with E-state index >= 15 is 0 Å². The van der Waals surface area contributed by atoms with E-state index in [1.165, 1.54) is 49.7 Å². The Bertz CT molecular complexity index is 461. The maximum atomic E-state index is 2.26. The van der Waals surface area contributed by atoms with E-state index in [2.05, 4.69) is 60.7 Å². The zero-order chi connectivity index (χ0) is 16.7. The molecule has 2 aromatic rings. The van der Waals surface area contributed by atoms with Crippen LogP contribution in [0.4, 0.5) is 0 Å².